The molecule has 28 heavy (non-hydrogen) atoms. The quantitative estimate of drug-likeness (QED) is 0.606. The van der Waals surface area contributed by atoms with Crippen molar-refractivity contribution >= 4 is 28.3 Å². The smallest absolute Gasteiger partial charge is 0.348 e. The Morgan fingerprint density at radius 3 is 2.64 bits per heavy atom. The first-order chi connectivity index (χ1) is 13.2. The summed E-state index contributed by atoms with van der Waals surface area (Å²) >= 11 is 0.692. The van der Waals surface area contributed by atoms with Gasteiger partial charge in [0.15, 0.2) is 0 Å². The van der Waals surface area contributed by atoms with Crippen LogP contribution in [0.25, 0.3) is 11.0 Å². The van der Waals surface area contributed by atoms with Crippen molar-refractivity contribution in [2.45, 2.75) is 38.4 Å². The summed E-state index contributed by atoms with van der Waals surface area (Å²) in [6.07, 6.45) is -3.67. The second-order valence-corrected chi connectivity index (χ2v) is 8.63. The molecule has 1 aromatic carbocycles. The number of amides is 1. The van der Waals surface area contributed by atoms with Crippen LogP contribution in [0.3, 0.4) is 0 Å². The zero-order valence-corrected chi connectivity index (χ0v) is 16.2. The number of hydrogen-bond acceptors (Lipinski definition) is 3. The van der Waals surface area contributed by atoms with Gasteiger partial charge in [-0.25, -0.2) is 4.98 Å². The number of aromatic nitrogens is 2. The summed E-state index contributed by atoms with van der Waals surface area (Å²) in [4.78, 5) is 20.4. The highest BCUT2D eigenvalue weighted by Crippen LogP contribution is 2.47. The van der Waals surface area contributed by atoms with E-state index in [4.69, 9.17) is 0 Å². The van der Waals surface area contributed by atoms with Crippen molar-refractivity contribution in [3.63, 3.8) is 0 Å². The summed E-state index contributed by atoms with van der Waals surface area (Å²) in [5.41, 5.74) is 1.80. The highest BCUT2D eigenvalue weighted by molar-refractivity contribution is 7.12. The van der Waals surface area contributed by atoms with Crippen LogP contribution in [0.1, 0.15) is 47.8 Å². The first kappa shape index (κ1) is 19.0. The third-order valence-corrected chi connectivity index (χ3v) is 6.28. The molecule has 1 aliphatic carbocycles. The number of rotatable bonds is 5. The highest BCUT2D eigenvalue weighted by Gasteiger charge is 2.46. The van der Waals surface area contributed by atoms with Crippen LogP contribution >= 0.6 is 11.3 Å². The number of alkyl halides is 3. The predicted octanol–water partition coefficient (Wildman–Crippen LogP) is 5.26. The minimum atomic E-state index is -4.36. The van der Waals surface area contributed by atoms with Crippen LogP contribution in [-0.4, -0.2) is 15.9 Å². The van der Waals surface area contributed by atoms with Gasteiger partial charge in [0, 0.05) is 16.7 Å². The number of carbonyl (C=O) groups is 1. The number of thiophene rings is 1. The van der Waals surface area contributed by atoms with E-state index in [0.717, 1.165) is 22.9 Å². The number of carbonyl (C=O) groups excluding carboxylic acids is 1. The van der Waals surface area contributed by atoms with Crippen LogP contribution in [0.5, 0.6) is 0 Å². The fourth-order valence-corrected chi connectivity index (χ4v) is 4.53. The summed E-state index contributed by atoms with van der Waals surface area (Å²) in [7, 11) is 0. The molecule has 1 aliphatic rings. The van der Waals surface area contributed by atoms with Crippen molar-refractivity contribution in [3.8, 4) is 0 Å². The number of para-hydroxylation sites is 2. The highest BCUT2D eigenvalue weighted by atomic mass is 32.1. The fourth-order valence-electron chi connectivity index (χ4n) is 3.43. The molecule has 0 aliphatic heterocycles. The Bertz CT molecular complexity index is 974. The summed E-state index contributed by atoms with van der Waals surface area (Å²) in [5, 5.41) is 2.96. The van der Waals surface area contributed by atoms with Crippen LogP contribution in [0.2, 0.25) is 0 Å². The lowest BCUT2D eigenvalue weighted by Crippen LogP contribution is -2.32. The molecular weight excluding hydrogens is 387 g/mol. The standard InChI is InChI=1S/C20H20F3N3OS/c1-10(2)17(15-7-8-16(28-15)20(21,22)23)26-19(27)12-9-11(12)18-24-13-5-3-4-6-14(13)25-18/h3-8,10-12,17H,9H2,1-2H3,(H,24,25)(H,26,27)/t11-,12?,17+/m0/s1. The minimum absolute atomic E-state index is 0.0212. The first-order valence-electron chi connectivity index (χ1n) is 9.16. The number of benzene rings is 1. The maximum atomic E-state index is 12.9. The normalized spacial score (nSPS) is 20.5. The van der Waals surface area contributed by atoms with E-state index in [2.05, 4.69) is 15.3 Å². The third kappa shape index (κ3) is 3.65. The number of aromatic amines is 1. The van der Waals surface area contributed by atoms with E-state index in [9.17, 15) is 18.0 Å². The van der Waals surface area contributed by atoms with E-state index in [1.165, 1.54) is 6.07 Å². The zero-order valence-electron chi connectivity index (χ0n) is 15.4. The van der Waals surface area contributed by atoms with Crippen molar-refractivity contribution in [1.82, 2.24) is 15.3 Å². The van der Waals surface area contributed by atoms with Gasteiger partial charge in [-0.2, -0.15) is 13.2 Å². The molecule has 1 amide bonds. The Morgan fingerprint density at radius 2 is 2.00 bits per heavy atom. The lowest BCUT2D eigenvalue weighted by atomic mass is 10.0. The molecule has 2 aromatic heterocycles. The van der Waals surface area contributed by atoms with Gasteiger partial charge in [0.2, 0.25) is 5.91 Å². The van der Waals surface area contributed by atoms with Gasteiger partial charge in [0.1, 0.15) is 10.7 Å². The first-order valence-corrected chi connectivity index (χ1v) is 9.97. The summed E-state index contributed by atoms with van der Waals surface area (Å²) in [6, 6.07) is 9.78. The maximum Gasteiger partial charge on any atom is 0.425 e. The molecule has 8 heteroatoms. The van der Waals surface area contributed by atoms with Crippen LogP contribution in [0.4, 0.5) is 13.2 Å². The summed E-state index contributed by atoms with van der Waals surface area (Å²) < 4.78 is 38.7. The van der Waals surface area contributed by atoms with Crippen LogP contribution in [0, 0.1) is 11.8 Å². The maximum absolute atomic E-state index is 12.9. The molecule has 148 valence electrons. The van der Waals surface area contributed by atoms with Gasteiger partial charge in [0.05, 0.1) is 17.1 Å². The molecule has 0 saturated heterocycles. The average Bonchev–Trinajstić information content (AvgIpc) is 3.08. The third-order valence-electron chi connectivity index (χ3n) is 5.06. The van der Waals surface area contributed by atoms with E-state index in [0.29, 0.717) is 22.6 Å². The van der Waals surface area contributed by atoms with Crippen molar-refractivity contribution in [3.05, 3.63) is 52.0 Å². The Balaban J connectivity index is 1.46. The van der Waals surface area contributed by atoms with Gasteiger partial charge in [-0.1, -0.05) is 26.0 Å². The predicted molar refractivity (Wildman–Crippen MR) is 102 cm³/mol. The number of fused-ring (bicyclic) bond motifs is 1. The number of nitrogens with zero attached hydrogens (tertiary/aromatic N) is 1. The van der Waals surface area contributed by atoms with Crippen molar-refractivity contribution in [2.24, 2.45) is 11.8 Å². The van der Waals surface area contributed by atoms with Gasteiger partial charge < -0.3 is 10.3 Å². The van der Waals surface area contributed by atoms with E-state index in [1.807, 2.05) is 38.1 Å². The number of imidazole rings is 1. The molecule has 4 nitrogen and oxygen atoms in total. The largest absolute Gasteiger partial charge is 0.425 e. The van der Waals surface area contributed by atoms with Crippen molar-refractivity contribution in [2.75, 3.05) is 0 Å². The molecule has 1 fully saturated rings. The number of nitrogens with one attached hydrogen (secondary N) is 2. The molecule has 3 aromatic rings. The fraction of sp³-hybridized carbons (Fsp3) is 0.400. The molecule has 2 N–H and O–H groups in total. The average molecular weight is 407 g/mol. The number of hydrogen-bond donors (Lipinski definition) is 2. The van der Waals surface area contributed by atoms with Crippen molar-refractivity contribution in [1.29, 1.82) is 0 Å². The van der Waals surface area contributed by atoms with Gasteiger partial charge >= 0.3 is 6.18 Å². The van der Waals surface area contributed by atoms with E-state index in [1.54, 1.807) is 0 Å². The molecule has 1 unspecified atom stereocenters. The molecule has 0 spiro atoms. The second kappa shape index (κ2) is 6.92. The lowest BCUT2D eigenvalue weighted by Gasteiger charge is -2.21. The number of halogens is 3. The van der Waals surface area contributed by atoms with E-state index < -0.39 is 17.1 Å². The Kier molecular flexibility index (Phi) is 4.69. The van der Waals surface area contributed by atoms with E-state index >= 15 is 0 Å². The van der Waals surface area contributed by atoms with Gasteiger partial charge in [-0.3, -0.25) is 4.79 Å². The van der Waals surface area contributed by atoms with Gasteiger partial charge in [0.25, 0.3) is 0 Å². The molecular formula is C20H20F3N3OS. The van der Waals surface area contributed by atoms with Crippen LogP contribution in [-0.2, 0) is 11.0 Å². The van der Waals surface area contributed by atoms with Gasteiger partial charge in [-0.15, -0.1) is 11.3 Å². The summed E-state index contributed by atoms with van der Waals surface area (Å²) in [6.45, 7) is 3.78. The second-order valence-electron chi connectivity index (χ2n) is 7.52. The van der Waals surface area contributed by atoms with Gasteiger partial charge in [-0.05, 0) is 36.6 Å². The Hall–Kier alpha value is -2.35. The monoisotopic (exact) mass is 407 g/mol. The molecule has 1 saturated carbocycles. The minimum Gasteiger partial charge on any atom is -0.348 e. The Morgan fingerprint density at radius 1 is 1.25 bits per heavy atom. The van der Waals surface area contributed by atoms with E-state index in [-0.39, 0.29) is 23.7 Å². The number of H-pyrrole nitrogens is 1. The van der Waals surface area contributed by atoms with Crippen LogP contribution in [0.15, 0.2) is 36.4 Å². The lowest BCUT2D eigenvalue weighted by molar-refractivity contribution is -0.134. The topological polar surface area (TPSA) is 57.8 Å². The molecule has 4 rings (SSSR count). The summed E-state index contributed by atoms with van der Waals surface area (Å²) in [5.74, 6) is 0.453. The molecule has 0 radical (unpaired) electrons. The SMILES string of the molecule is CC(C)[C@@H](NC(=O)C1C[C@@H]1c1nc2ccccc2[nH]1)c1ccc(C(F)(F)F)s1. The van der Waals surface area contributed by atoms with Crippen molar-refractivity contribution < 1.29 is 18.0 Å². The molecule has 3 atom stereocenters. The van der Waals surface area contributed by atoms with Crippen LogP contribution < -0.4 is 5.32 Å². The Labute approximate surface area is 164 Å². The molecule has 0 bridgehead atoms. The zero-order chi connectivity index (χ0) is 20.1. The molecule has 2 heterocycles.